The van der Waals surface area contributed by atoms with Gasteiger partial charge in [-0.15, -0.1) is 0 Å². The second-order valence-electron chi connectivity index (χ2n) is 4.60. The summed E-state index contributed by atoms with van der Waals surface area (Å²) in [5.74, 6) is -0.455. The molecule has 0 aliphatic carbocycles. The molecule has 1 aliphatic rings. The lowest BCUT2D eigenvalue weighted by Crippen LogP contribution is -2.48. The van der Waals surface area contributed by atoms with Crippen LogP contribution in [-0.4, -0.2) is 36.6 Å². The summed E-state index contributed by atoms with van der Waals surface area (Å²) < 4.78 is 5.09. The molecule has 1 fully saturated rings. The van der Waals surface area contributed by atoms with E-state index in [0.29, 0.717) is 6.42 Å². The summed E-state index contributed by atoms with van der Waals surface area (Å²) in [5.41, 5.74) is 0. The summed E-state index contributed by atoms with van der Waals surface area (Å²) >= 11 is 0. The Morgan fingerprint density at radius 1 is 1.47 bits per heavy atom. The second-order valence-corrected chi connectivity index (χ2v) is 4.60. The van der Waals surface area contributed by atoms with Gasteiger partial charge in [-0.25, -0.2) is 4.79 Å². The van der Waals surface area contributed by atoms with Crippen LogP contribution in [0.2, 0.25) is 0 Å². The summed E-state index contributed by atoms with van der Waals surface area (Å²) in [6, 6.07) is -0.691. The quantitative estimate of drug-likeness (QED) is 0.692. The zero-order valence-electron chi connectivity index (χ0n) is 10.8. The van der Waals surface area contributed by atoms with Gasteiger partial charge in [-0.05, 0) is 39.7 Å². The van der Waals surface area contributed by atoms with Gasteiger partial charge >= 0.3 is 5.97 Å². The van der Waals surface area contributed by atoms with Crippen LogP contribution >= 0.6 is 0 Å². The molecular weight excluding hydrogens is 220 g/mol. The highest BCUT2D eigenvalue weighted by atomic mass is 16.5. The molecule has 0 aromatic carbocycles. The lowest BCUT2D eigenvalue weighted by atomic mass is 10.1. The van der Waals surface area contributed by atoms with Crippen LogP contribution in [0.5, 0.6) is 0 Å². The molecule has 2 N–H and O–H groups in total. The number of nitrogens with one attached hydrogen (secondary N) is 2. The fraction of sp³-hybridized carbons (Fsp3) is 0.833. The fourth-order valence-electron chi connectivity index (χ4n) is 1.82. The van der Waals surface area contributed by atoms with Crippen molar-refractivity contribution in [1.29, 1.82) is 0 Å². The van der Waals surface area contributed by atoms with E-state index in [1.807, 2.05) is 6.92 Å². The third-order valence-corrected chi connectivity index (χ3v) is 2.74. The molecule has 0 aromatic rings. The van der Waals surface area contributed by atoms with E-state index in [1.54, 1.807) is 13.8 Å². The van der Waals surface area contributed by atoms with Gasteiger partial charge in [0.1, 0.15) is 6.04 Å². The molecule has 98 valence electrons. The minimum absolute atomic E-state index is 0.102. The van der Waals surface area contributed by atoms with Gasteiger partial charge in [0.15, 0.2) is 0 Å². The minimum atomic E-state index is -0.535. The van der Waals surface area contributed by atoms with Crippen LogP contribution in [0, 0.1) is 0 Å². The molecular formula is C12H22N2O3. The molecule has 0 spiro atoms. The Hall–Kier alpha value is -1.10. The topological polar surface area (TPSA) is 67.4 Å². The van der Waals surface area contributed by atoms with Gasteiger partial charge in [0.05, 0.1) is 12.1 Å². The maximum atomic E-state index is 11.8. The Bertz CT molecular complexity index is 273. The Balaban J connectivity index is 2.45. The molecule has 1 aliphatic heterocycles. The number of ether oxygens (including phenoxy) is 1. The fourth-order valence-corrected chi connectivity index (χ4v) is 1.82. The van der Waals surface area contributed by atoms with Crippen molar-refractivity contribution in [2.24, 2.45) is 0 Å². The molecule has 2 unspecified atom stereocenters. The summed E-state index contributed by atoms with van der Waals surface area (Å²) in [4.78, 5) is 23.5. The molecule has 1 saturated heterocycles. The molecule has 0 aromatic heterocycles. The van der Waals surface area contributed by atoms with E-state index in [4.69, 9.17) is 4.74 Å². The predicted octanol–water partition coefficient (Wildman–Crippen LogP) is 0.585. The van der Waals surface area contributed by atoms with Crippen molar-refractivity contribution in [3.63, 3.8) is 0 Å². The Morgan fingerprint density at radius 3 is 2.65 bits per heavy atom. The van der Waals surface area contributed by atoms with Crippen LogP contribution in [0.1, 0.15) is 40.0 Å². The monoisotopic (exact) mass is 242 g/mol. The molecule has 0 bridgehead atoms. The van der Waals surface area contributed by atoms with Crippen LogP contribution in [-0.2, 0) is 14.3 Å². The number of hydrogen-bond donors (Lipinski definition) is 2. The van der Waals surface area contributed by atoms with Gasteiger partial charge in [0, 0.05) is 0 Å². The van der Waals surface area contributed by atoms with Crippen LogP contribution < -0.4 is 10.6 Å². The Labute approximate surface area is 102 Å². The van der Waals surface area contributed by atoms with Gasteiger partial charge in [0.2, 0.25) is 5.91 Å². The summed E-state index contributed by atoms with van der Waals surface area (Å²) in [7, 11) is 0. The summed E-state index contributed by atoms with van der Waals surface area (Å²) in [6.45, 7) is 6.32. The number of carbonyl (C=O) groups is 2. The lowest BCUT2D eigenvalue weighted by Gasteiger charge is -2.19. The minimum Gasteiger partial charge on any atom is -0.461 e. The first-order chi connectivity index (χ1) is 8.04. The molecule has 5 nitrogen and oxygen atoms in total. The third-order valence-electron chi connectivity index (χ3n) is 2.74. The molecule has 1 amide bonds. The summed E-state index contributed by atoms with van der Waals surface area (Å²) in [5, 5.41) is 5.84. The van der Waals surface area contributed by atoms with Crippen molar-refractivity contribution in [2.75, 3.05) is 6.54 Å². The van der Waals surface area contributed by atoms with E-state index in [-0.39, 0.29) is 24.0 Å². The molecule has 2 atom stereocenters. The van der Waals surface area contributed by atoms with Crippen LogP contribution in [0.4, 0.5) is 0 Å². The van der Waals surface area contributed by atoms with E-state index in [2.05, 4.69) is 10.6 Å². The van der Waals surface area contributed by atoms with Crippen LogP contribution in [0.25, 0.3) is 0 Å². The van der Waals surface area contributed by atoms with Gasteiger partial charge < -0.3 is 15.4 Å². The van der Waals surface area contributed by atoms with E-state index in [9.17, 15) is 9.59 Å². The van der Waals surface area contributed by atoms with E-state index < -0.39 is 6.04 Å². The number of hydrogen-bond acceptors (Lipinski definition) is 4. The van der Waals surface area contributed by atoms with Gasteiger partial charge in [-0.3, -0.25) is 4.79 Å². The van der Waals surface area contributed by atoms with E-state index in [1.165, 1.54) is 0 Å². The van der Waals surface area contributed by atoms with E-state index in [0.717, 1.165) is 19.4 Å². The zero-order valence-corrected chi connectivity index (χ0v) is 10.8. The van der Waals surface area contributed by atoms with Crippen molar-refractivity contribution >= 4 is 11.9 Å². The van der Waals surface area contributed by atoms with Gasteiger partial charge in [-0.1, -0.05) is 6.92 Å². The Kier molecular flexibility index (Phi) is 5.41. The number of amides is 1. The maximum absolute atomic E-state index is 11.8. The molecule has 0 saturated carbocycles. The molecule has 1 heterocycles. The average Bonchev–Trinajstić information content (AvgIpc) is 2.77. The lowest BCUT2D eigenvalue weighted by molar-refractivity contribution is -0.151. The normalized spacial score (nSPS) is 21.3. The first kappa shape index (κ1) is 14.0. The molecule has 0 radical (unpaired) electrons. The average molecular weight is 242 g/mol. The highest BCUT2D eigenvalue weighted by Crippen LogP contribution is 2.06. The number of esters is 1. The van der Waals surface area contributed by atoms with Gasteiger partial charge in [0.25, 0.3) is 0 Å². The van der Waals surface area contributed by atoms with Crippen molar-refractivity contribution in [1.82, 2.24) is 10.6 Å². The predicted molar refractivity (Wildman–Crippen MR) is 64.5 cm³/mol. The maximum Gasteiger partial charge on any atom is 0.328 e. The van der Waals surface area contributed by atoms with E-state index >= 15 is 0 Å². The smallest absolute Gasteiger partial charge is 0.328 e. The highest BCUT2D eigenvalue weighted by molar-refractivity contribution is 5.87. The van der Waals surface area contributed by atoms with Crippen molar-refractivity contribution < 1.29 is 14.3 Å². The zero-order chi connectivity index (χ0) is 12.8. The first-order valence-electron chi connectivity index (χ1n) is 6.28. The number of carbonyl (C=O) groups excluding carboxylic acids is 2. The van der Waals surface area contributed by atoms with Crippen molar-refractivity contribution in [3.8, 4) is 0 Å². The van der Waals surface area contributed by atoms with Gasteiger partial charge in [-0.2, -0.15) is 0 Å². The molecule has 1 rings (SSSR count). The van der Waals surface area contributed by atoms with Crippen molar-refractivity contribution in [2.45, 2.75) is 58.2 Å². The molecule has 17 heavy (non-hydrogen) atoms. The van der Waals surface area contributed by atoms with Crippen molar-refractivity contribution in [3.05, 3.63) is 0 Å². The number of rotatable bonds is 5. The summed E-state index contributed by atoms with van der Waals surface area (Å²) in [6.07, 6.45) is 2.23. The highest BCUT2D eigenvalue weighted by Gasteiger charge is 2.27. The van der Waals surface area contributed by atoms with Crippen LogP contribution in [0.15, 0.2) is 0 Å². The first-order valence-corrected chi connectivity index (χ1v) is 6.28. The SMILES string of the molecule is CCC(NC(=O)C1CCCN1)C(=O)OC(C)C. The Morgan fingerprint density at radius 2 is 2.18 bits per heavy atom. The standard InChI is InChI=1S/C12H22N2O3/c1-4-9(12(16)17-8(2)3)14-11(15)10-6-5-7-13-10/h8-10,13H,4-7H2,1-3H3,(H,14,15). The molecule has 5 heteroatoms. The largest absolute Gasteiger partial charge is 0.461 e. The van der Waals surface area contributed by atoms with Crippen LogP contribution in [0.3, 0.4) is 0 Å². The third kappa shape index (κ3) is 4.34. The second kappa shape index (κ2) is 6.59.